The molecule has 2 N–H and O–H groups in total. The zero-order valence-corrected chi connectivity index (χ0v) is 9.89. The van der Waals surface area contributed by atoms with Gasteiger partial charge in [0.05, 0.1) is 6.61 Å². The first-order valence-electron chi connectivity index (χ1n) is 5.64. The molecule has 0 radical (unpaired) electrons. The first kappa shape index (κ1) is 11.5. The third-order valence-corrected chi connectivity index (χ3v) is 2.48. The molecule has 3 nitrogen and oxygen atoms in total. The zero-order valence-electron chi connectivity index (χ0n) is 9.89. The maximum atomic E-state index is 5.61. The quantitative estimate of drug-likeness (QED) is 0.818. The minimum Gasteiger partial charge on any atom is -0.493 e. The molecule has 0 saturated heterocycles. The van der Waals surface area contributed by atoms with E-state index in [0.29, 0.717) is 6.61 Å². The number of aryl methyl sites for hydroxylation is 1. The number of nitrogen functional groups attached to an aromatic ring is 1. The van der Waals surface area contributed by atoms with E-state index in [4.69, 9.17) is 10.5 Å². The van der Waals surface area contributed by atoms with Crippen molar-refractivity contribution < 1.29 is 4.74 Å². The van der Waals surface area contributed by atoms with Gasteiger partial charge in [0, 0.05) is 24.0 Å². The minimum absolute atomic E-state index is 0.625. The van der Waals surface area contributed by atoms with Crippen molar-refractivity contribution in [1.29, 1.82) is 0 Å². The summed E-state index contributed by atoms with van der Waals surface area (Å²) in [7, 11) is 0. The van der Waals surface area contributed by atoms with Gasteiger partial charge >= 0.3 is 0 Å². The van der Waals surface area contributed by atoms with E-state index in [0.717, 1.165) is 23.6 Å². The van der Waals surface area contributed by atoms with Gasteiger partial charge in [-0.1, -0.05) is 0 Å². The van der Waals surface area contributed by atoms with E-state index in [1.54, 1.807) is 0 Å². The average molecular weight is 228 g/mol. The molecule has 2 rings (SSSR count). The highest BCUT2D eigenvalue weighted by molar-refractivity contribution is 5.41. The van der Waals surface area contributed by atoms with Crippen LogP contribution in [0.25, 0.3) is 0 Å². The number of anilines is 1. The summed E-state index contributed by atoms with van der Waals surface area (Å²) in [6.45, 7) is 2.69. The van der Waals surface area contributed by atoms with E-state index in [9.17, 15) is 0 Å². The van der Waals surface area contributed by atoms with Gasteiger partial charge in [-0.3, -0.25) is 4.98 Å². The number of hydrogen-bond acceptors (Lipinski definition) is 3. The Labute approximate surface area is 101 Å². The SMILES string of the molecule is Cc1ccnc(CCOc2ccc(N)cc2)c1. The van der Waals surface area contributed by atoms with Gasteiger partial charge < -0.3 is 10.5 Å². The fourth-order valence-electron chi connectivity index (χ4n) is 1.57. The normalized spacial score (nSPS) is 10.2. The minimum atomic E-state index is 0.625. The first-order valence-corrected chi connectivity index (χ1v) is 5.64. The summed E-state index contributed by atoms with van der Waals surface area (Å²) >= 11 is 0. The van der Waals surface area contributed by atoms with Crippen LogP contribution in [0.5, 0.6) is 5.75 Å². The molecule has 1 aromatic heterocycles. The molecule has 0 fully saturated rings. The number of aromatic nitrogens is 1. The summed E-state index contributed by atoms with van der Waals surface area (Å²) in [5.74, 6) is 0.840. The highest BCUT2D eigenvalue weighted by atomic mass is 16.5. The maximum Gasteiger partial charge on any atom is 0.119 e. The van der Waals surface area contributed by atoms with Crippen LogP contribution in [0.1, 0.15) is 11.3 Å². The molecule has 0 aliphatic carbocycles. The molecule has 0 unspecified atom stereocenters. The van der Waals surface area contributed by atoms with Crippen molar-refractivity contribution in [3.63, 3.8) is 0 Å². The van der Waals surface area contributed by atoms with Gasteiger partial charge in [0.1, 0.15) is 5.75 Å². The largest absolute Gasteiger partial charge is 0.493 e. The number of benzene rings is 1. The lowest BCUT2D eigenvalue weighted by atomic mass is 10.2. The smallest absolute Gasteiger partial charge is 0.119 e. The van der Waals surface area contributed by atoms with E-state index < -0.39 is 0 Å². The van der Waals surface area contributed by atoms with Crippen LogP contribution in [0.2, 0.25) is 0 Å². The molecule has 0 spiro atoms. The van der Waals surface area contributed by atoms with Gasteiger partial charge in [-0.05, 0) is 48.9 Å². The van der Waals surface area contributed by atoms with Crippen LogP contribution in [-0.2, 0) is 6.42 Å². The van der Waals surface area contributed by atoms with Crippen LogP contribution in [0.3, 0.4) is 0 Å². The number of pyridine rings is 1. The third-order valence-electron chi connectivity index (χ3n) is 2.48. The van der Waals surface area contributed by atoms with Gasteiger partial charge in [-0.25, -0.2) is 0 Å². The van der Waals surface area contributed by atoms with Crippen LogP contribution in [0, 0.1) is 6.92 Å². The monoisotopic (exact) mass is 228 g/mol. The van der Waals surface area contributed by atoms with Gasteiger partial charge in [0.15, 0.2) is 0 Å². The fourth-order valence-corrected chi connectivity index (χ4v) is 1.57. The Hall–Kier alpha value is -2.03. The van der Waals surface area contributed by atoms with Gasteiger partial charge in [0.2, 0.25) is 0 Å². The van der Waals surface area contributed by atoms with E-state index in [-0.39, 0.29) is 0 Å². The Morgan fingerprint density at radius 1 is 1.18 bits per heavy atom. The number of nitrogens with two attached hydrogens (primary N) is 1. The van der Waals surface area contributed by atoms with Gasteiger partial charge in [-0.2, -0.15) is 0 Å². The molecule has 3 heteroatoms. The van der Waals surface area contributed by atoms with Crippen molar-refractivity contribution in [2.24, 2.45) is 0 Å². The van der Waals surface area contributed by atoms with Crippen LogP contribution >= 0.6 is 0 Å². The summed E-state index contributed by atoms with van der Waals surface area (Å²) in [5.41, 5.74) is 8.63. The molecule has 17 heavy (non-hydrogen) atoms. The second kappa shape index (κ2) is 5.34. The average Bonchev–Trinajstić information content (AvgIpc) is 2.32. The molecule has 2 aromatic rings. The molecule has 0 bridgehead atoms. The highest BCUT2D eigenvalue weighted by Crippen LogP contribution is 2.13. The maximum absolute atomic E-state index is 5.61. The summed E-state index contributed by atoms with van der Waals surface area (Å²) in [6, 6.07) is 11.5. The molecule has 0 aliphatic rings. The number of nitrogens with zero attached hydrogens (tertiary/aromatic N) is 1. The number of hydrogen-bond donors (Lipinski definition) is 1. The molecule has 1 heterocycles. The van der Waals surface area contributed by atoms with E-state index in [1.165, 1.54) is 5.56 Å². The Morgan fingerprint density at radius 3 is 2.65 bits per heavy atom. The predicted molar refractivity (Wildman–Crippen MR) is 69.0 cm³/mol. The lowest BCUT2D eigenvalue weighted by molar-refractivity contribution is 0.320. The Bertz CT molecular complexity index is 480. The molecule has 1 aromatic carbocycles. The van der Waals surface area contributed by atoms with Crippen LogP contribution < -0.4 is 10.5 Å². The molecular formula is C14H16N2O. The summed E-state index contributed by atoms with van der Waals surface area (Å²) in [5, 5.41) is 0. The van der Waals surface area contributed by atoms with E-state index in [1.807, 2.05) is 36.5 Å². The standard InChI is InChI=1S/C14H16N2O/c1-11-6-8-16-13(10-11)7-9-17-14-4-2-12(15)3-5-14/h2-6,8,10H,7,9,15H2,1H3. The van der Waals surface area contributed by atoms with Crippen LogP contribution in [0.4, 0.5) is 5.69 Å². The number of rotatable bonds is 4. The Kier molecular flexibility index (Phi) is 3.60. The summed E-state index contributed by atoms with van der Waals surface area (Å²) in [4.78, 5) is 4.28. The van der Waals surface area contributed by atoms with Gasteiger partial charge in [-0.15, -0.1) is 0 Å². The highest BCUT2D eigenvalue weighted by Gasteiger charge is 1.97. The summed E-state index contributed by atoms with van der Waals surface area (Å²) < 4.78 is 5.61. The van der Waals surface area contributed by atoms with Crippen molar-refractivity contribution >= 4 is 5.69 Å². The lowest BCUT2D eigenvalue weighted by Gasteiger charge is -2.06. The van der Waals surface area contributed by atoms with Gasteiger partial charge in [0.25, 0.3) is 0 Å². The number of ether oxygens (including phenoxy) is 1. The van der Waals surface area contributed by atoms with Crippen molar-refractivity contribution in [2.45, 2.75) is 13.3 Å². The van der Waals surface area contributed by atoms with Crippen LogP contribution in [-0.4, -0.2) is 11.6 Å². The molecule has 88 valence electrons. The van der Waals surface area contributed by atoms with Crippen molar-refractivity contribution in [1.82, 2.24) is 4.98 Å². The molecule has 0 saturated carbocycles. The molecular weight excluding hydrogens is 212 g/mol. The van der Waals surface area contributed by atoms with Crippen molar-refractivity contribution in [3.8, 4) is 5.75 Å². The second-order valence-corrected chi connectivity index (χ2v) is 3.99. The lowest BCUT2D eigenvalue weighted by Crippen LogP contribution is -2.03. The summed E-state index contributed by atoms with van der Waals surface area (Å²) in [6.07, 6.45) is 2.64. The first-order chi connectivity index (χ1) is 8.24. The Morgan fingerprint density at radius 2 is 1.94 bits per heavy atom. The molecule has 0 atom stereocenters. The van der Waals surface area contributed by atoms with E-state index >= 15 is 0 Å². The predicted octanol–water partition coefficient (Wildman–Crippen LogP) is 2.59. The van der Waals surface area contributed by atoms with Crippen molar-refractivity contribution in [2.75, 3.05) is 12.3 Å². The molecule has 0 aliphatic heterocycles. The topological polar surface area (TPSA) is 48.1 Å². The van der Waals surface area contributed by atoms with Crippen LogP contribution in [0.15, 0.2) is 42.6 Å². The second-order valence-electron chi connectivity index (χ2n) is 3.99. The van der Waals surface area contributed by atoms with E-state index in [2.05, 4.69) is 18.0 Å². The fraction of sp³-hybridized carbons (Fsp3) is 0.214. The van der Waals surface area contributed by atoms with Crippen molar-refractivity contribution in [3.05, 3.63) is 53.9 Å². The zero-order chi connectivity index (χ0) is 12.1. The molecule has 0 amide bonds. The Balaban J connectivity index is 1.85. The third kappa shape index (κ3) is 3.48.